The number of aromatic nitrogens is 1. The van der Waals surface area contributed by atoms with E-state index in [9.17, 15) is 22.8 Å². The number of hydrogen-bond donors (Lipinski definition) is 1. The normalized spacial score (nSPS) is 10.9. The molecule has 0 atom stereocenters. The van der Waals surface area contributed by atoms with Gasteiger partial charge in [0.2, 0.25) is 5.43 Å². The number of rotatable bonds is 2. The summed E-state index contributed by atoms with van der Waals surface area (Å²) >= 11 is 0. The molecule has 0 saturated carbocycles. The van der Waals surface area contributed by atoms with Crippen molar-refractivity contribution in [2.75, 3.05) is 0 Å². The van der Waals surface area contributed by atoms with Crippen LogP contribution in [-0.4, -0.2) is 15.6 Å². The number of fused-ring (bicyclic) bond motifs is 1. The number of carboxylic acid groups (broad SMARTS) is 1. The van der Waals surface area contributed by atoms with Gasteiger partial charge < -0.3 is 9.67 Å². The molecule has 0 saturated heterocycles. The van der Waals surface area contributed by atoms with Gasteiger partial charge in [0.25, 0.3) is 0 Å². The van der Waals surface area contributed by atoms with Gasteiger partial charge in [-0.1, -0.05) is 0 Å². The molecule has 4 nitrogen and oxygen atoms in total. The van der Waals surface area contributed by atoms with Crippen molar-refractivity contribution in [1.29, 1.82) is 0 Å². The first-order valence-electron chi connectivity index (χ1n) is 6.42. The van der Waals surface area contributed by atoms with Crippen LogP contribution in [0.1, 0.15) is 10.4 Å². The van der Waals surface area contributed by atoms with Gasteiger partial charge in [0, 0.05) is 17.6 Å². The van der Waals surface area contributed by atoms with Crippen molar-refractivity contribution in [3.05, 3.63) is 75.8 Å². The number of carboxylic acids is 1. The van der Waals surface area contributed by atoms with Crippen molar-refractivity contribution >= 4 is 16.9 Å². The fourth-order valence-corrected chi connectivity index (χ4v) is 2.33. The maximum absolute atomic E-state index is 14.0. The highest BCUT2D eigenvalue weighted by atomic mass is 19.1. The number of benzene rings is 2. The predicted molar refractivity (Wildman–Crippen MR) is 76.4 cm³/mol. The fourth-order valence-electron chi connectivity index (χ4n) is 2.33. The highest BCUT2D eigenvalue weighted by Crippen LogP contribution is 2.21. The Labute approximate surface area is 127 Å². The maximum Gasteiger partial charge on any atom is 0.341 e. The Balaban J connectivity index is 2.48. The summed E-state index contributed by atoms with van der Waals surface area (Å²) in [6, 6.07) is 5.76. The van der Waals surface area contributed by atoms with E-state index >= 15 is 0 Å². The average molecular weight is 319 g/mol. The van der Waals surface area contributed by atoms with Crippen molar-refractivity contribution in [2.45, 2.75) is 0 Å². The Kier molecular flexibility index (Phi) is 3.40. The molecule has 1 N–H and O–H groups in total. The highest BCUT2D eigenvalue weighted by Gasteiger charge is 2.17. The van der Waals surface area contributed by atoms with Crippen molar-refractivity contribution in [1.82, 2.24) is 4.57 Å². The second-order valence-electron chi connectivity index (χ2n) is 4.80. The minimum atomic E-state index is -1.50. The lowest BCUT2D eigenvalue weighted by Gasteiger charge is -2.13. The van der Waals surface area contributed by atoms with E-state index in [4.69, 9.17) is 5.11 Å². The zero-order valence-electron chi connectivity index (χ0n) is 11.4. The van der Waals surface area contributed by atoms with E-state index in [0.717, 1.165) is 41.1 Å². The molecule has 3 rings (SSSR count). The second kappa shape index (κ2) is 5.28. The Hall–Kier alpha value is -3.09. The van der Waals surface area contributed by atoms with Crippen LogP contribution in [0, 0.1) is 17.5 Å². The van der Waals surface area contributed by atoms with E-state index in [-0.39, 0.29) is 16.6 Å². The number of aromatic carboxylic acids is 1. The maximum atomic E-state index is 14.0. The predicted octanol–water partition coefficient (Wildman–Crippen LogP) is 3.11. The minimum absolute atomic E-state index is 0.0227. The van der Waals surface area contributed by atoms with Gasteiger partial charge in [-0.15, -0.1) is 0 Å². The van der Waals surface area contributed by atoms with Crippen LogP contribution >= 0.6 is 0 Å². The fraction of sp³-hybridized carbons (Fsp3) is 0. The lowest BCUT2D eigenvalue weighted by Crippen LogP contribution is -2.18. The molecule has 23 heavy (non-hydrogen) atoms. The Morgan fingerprint density at radius 1 is 1.00 bits per heavy atom. The van der Waals surface area contributed by atoms with Crippen LogP contribution in [0.2, 0.25) is 0 Å². The van der Waals surface area contributed by atoms with E-state index in [2.05, 4.69) is 0 Å². The summed E-state index contributed by atoms with van der Waals surface area (Å²) in [4.78, 5) is 23.3. The zero-order chi connectivity index (χ0) is 16.7. The number of hydrogen-bond acceptors (Lipinski definition) is 2. The van der Waals surface area contributed by atoms with Gasteiger partial charge in [-0.25, -0.2) is 18.0 Å². The molecule has 0 aliphatic rings. The van der Waals surface area contributed by atoms with Crippen LogP contribution < -0.4 is 5.43 Å². The number of nitrogens with zero attached hydrogens (tertiary/aromatic N) is 1. The Morgan fingerprint density at radius 3 is 2.30 bits per heavy atom. The molecule has 1 heterocycles. The molecule has 7 heteroatoms. The molecule has 0 spiro atoms. The van der Waals surface area contributed by atoms with E-state index in [1.54, 1.807) is 0 Å². The summed E-state index contributed by atoms with van der Waals surface area (Å²) in [6.45, 7) is 0. The molecule has 1 aromatic heterocycles. The topological polar surface area (TPSA) is 59.3 Å². The lowest BCUT2D eigenvalue weighted by atomic mass is 10.1. The number of halogens is 3. The third-order valence-corrected chi connectivity index (χ3v) is 3.37. The van der Waals surface area contributed by atoms with Crippen molar-refractivity contribution in [3.8, 4) is 5.69 Å². The molecular formula is C16H8F3NO3. The van der Waals surface area contributed by atoms with Gasteiger partial charge in [0.15, 0.2) is 0 Å². The first-order chi connectivity index (χ1) is 10.9. The van der Waals surface area contributed by atoms with Crippen molar-refractivity contribution in [2.24, 2.45) is 0 Å². The van der Waals surface area contributed by atoms with Crippen LogP contribution in [0.3, 0.4) is 0 Å². The monoisotopic (exact) mass is 319 g/mol. The standard InChI is InChI=1S/C16H8F3NO3/c17-8-2-4-13(12(19)5-8)20-7-11(16(22)23)15(21)10-3-1-9(18)6-14(10)20/h1-7H,(H,22,23). The van der Waals surface area contributed by atoms with Crippen LogP contribution in [0.4, 0.5) is 13.2 Å². The summed E-state index contributed by atoms with van der Waals surface area (Å²) in [7, 11) is 0. The number of pyridine rings is 1. The minimum Gasteiger partial charge on any atom is -0.477 e. The molecule has 0 unspecified atom stereocenters. The van der Waals surface area contributed by atoms with E-state index in [1.807, 2.05) is 0 Å². The summed E-state index contributed by atoms with van der Waals surface area (Å²) in [5, 5.41) is 9.04. The summed E-state index contributed by atoms with van der Waals surface area (Å²) < 4.78 is 41.6. The smallest absolute Gasteiger partial charge is 0.341 e. The van der Waals surface area contributed by atoms with E-state index in [0.29, 0.717) is 6.07 Å². The molecule has 0 fully saturated rings. The second-order valence-corrected chi connectivity index (χ2v) is 4.80. The first kappa shape index (κ1) is 14.8. The summed E-state index contributed by atoms with van der Waals surface area (Å²) in [6.07, 6.45) is 0.892. The third-order valence-electron chi connectivity index (χ3n) is 3.37. The van der Waals surface area contributed by atoms with Gasteiger partial charge in [0.1, 0.15) is 23.0 Å². The number of carbonyl (C=O) groups is 1. The molecule has 3 aromatic rings. The molecule has 0 aliphatic carbocycles. The van der Waals surface area contributed by atoms with Crippen LogP contribution in [0.5, 0.6) is 0 Å². The van der Waals surface area contributed by atoms with Crippen LogP contribution in [-0.2, 0) is 0 Å². The van der Waals surface area contributed by atoms with Gasteiger partial charge >= 0.3 is 5.97 Å². The third kappa shape index (κ3) is 2.46. The quantitative estimate of drug-likeness (QED) is 0.789. The van der Waals surface area contributed by atoms with Gasteiger partial charge in [0.05, 0.1) is 11.2 Å². The summed E-state index contributed by atoms with van der Waals surface area (Å²) in [5.74, 6) is -3.98. The Bertz CT molecular complexity index is 1010. The molecule has 0 bridgehead atoms. The average Bonchev–Trinajstić information content (AvgIpc) is 2.48. The first-order valence-corrected chi connectivity index (χ1v) is 6.42. The Morgan fingerprint density at radius 2 is 1.65 bits per heavy atom. The summed E-state index contributed by atoms with van der Waals surface area (Å²) in [5.41, 5.74) is -1.64. The molecular weight excluding hydrogens is 311 g/mol. The van der Waals surface area contributed by atoms with Crippen molar-refractivity contribution < 1.29 is 23.1 Å². The molecule has 0 aliphatic heterocycles. The lowest BCUT2D eigenvalue weighted by molar-refractivity contribution is 0.0695. The SMILES string of the molecule is O=C(O)c1cn(-c2ccc(F)cc2F)c2cc(F)ccc2c1=O. The van der Waals surface area contributed by atoms with Crippen LogP contribution in [0.15, 0.2) is 47.4 Å². The van der Waals surface area contributed by atoms with Crippen LogP contribution in [0.25, 0.3) is 16.6 Å². The zero-order valence-corrected chi connectivity index (χ0v) is 11.4. The largest absolute Gasteiger partial charge is 0.477 e. The highest BCUT2D eigenvalue weighted by molar-refractivity contribution is 5.93. The molecule has 2 aromatic carbocycles. The van der Waals surface area contributed by atoms with Gasteiger partial charge in [-0.2, -0.15) is 0 Å². The van der Waals surface area contributed by atoms with Crippen molar-refractivity contribution in [3.63, 3.8) is 0 Å². The van der Waals surface area contributed by atoms with E-state index in [1.165, 1.54) is 0 Å². The van der Waals surface area contributed by atoms with E-state index < -0.39 is 34.4 Å². The molecule has 0 amide bonds. The van der Waals surface area contributed by atoms with Gasteiger partial charge in [-0.05, 0) is 30.3 Å². The molecule has 116 valence electrons. The molecule has 0 radical (unpaired) electrons. The van der Waals surface area contributed by atoms with Gasteiger partial charge in [-0.3, -0.25) is 4.79 Å².